The van der Waals surface area contributed by atoms with Crippen molar-refractivity contribution in [3.05, 3.63) is 87.8 Å². The maximum atomic E-state index is 15.0. The maximum Gasteiger partial charge on any atom is 0.340 e. The molecule has 0 unspecified atom stereocenters. The van der Waals surface area contributed by atoms with Gasteiger partial charge in [0.05, 0.1) is 5.69 Å². The molecule has 38 heavy (non-hydrogen) atoms. The predicted octanol–water partition coefficient (Wildman–Crippen LogP) is 5.75. The number of rotatable bonds is 8. The van der Waals surface area contributed by atoms with Crippen molar-refractivity contribution in [3.8, 4) is 11.8 Å². The molecule has 4 rings (SSSR count). The molecule has 0 atom stereocenters. The molecule has 0 saturated carbocycles. The van der Waals surface area contributed by atoms with Crippen LogP contribution in [0, 0.1) is 5.82 Å². The second kappa shape index (κ2) is 14.1. The highest BCUT2D eigenvalue weighted by atomic mass is 32.2. The van der Waals surface area contributed by atoms with Crippen molar-refractivity contribution in [1.29, 1.82) is 0 Å². The first kappa shape index (κ1) is 30.3. The molecule has 2 aromatic carbocycles. The van der Waals surface area contributed by atoms with Gasteiger partial charge < -0.3 is 9.15 Å². The van der Waals surface area contributed by atoms with Crippen molar-refractivity contribution >= 4 is 26.9 Å². The molecule has 0 saturated heterocycles. The van der Waals surface area contributed by atoms with Gasteiger partial charge in [-0.25, -0.2) is 28.3 Å². The summed E-state index contributed by atoms with van der Waals surface area (Å²) in [6.45, 7) is 6.99. The summed E-state index contributed by atoms with van der Waals surface area (Å²) in [7, 11) is -2.79. The Morgan fingerprint density at radius 3 is 2.34 bits per heavy atom. The zero-order valence-corrected chi connectivity index (χ0v) is 22.5. The Hall–Kier alpha value is -3.90. The van der Waals surface area contributed by atoms with E-state index in [4.69, 9.17) is 9.15 Å². The third-order valence-electron chi connectivity index (χ3n) is 4.94. The number of fused-ring (bicyclic) bond motifs is 1. The summed E-state index contributed by atoms with van der Waals surface area (Å²) in [6, 6.07) is 10.2. The first-order valence-corrected chi connectivity index (χ1v) is 13.4. The Bertz CT molecular complexity index is 1520. The molecule has 0 radical (unpaired) electrons. The van der Waals surface area contributed by atoms with Crippen molar-refractivity contribution in [1.82, 2.24) is 14.7 Å². The summed E-state index contributed by atoms with van der Waals surface area (Å²) in [6.07, 6.45) is 2.68. The Labute approximate surface area is 221 Å². The van der Waals surface area contributed by atoms with E-state index in [9.17, 15) is 22.0 Å². The SMILES string of the molecule is CC.CC.CNS(=O)(=O)Nc1cccc(Cc2c(CF)c3ccc(Oc4ncccn4)cc3oc2=O)c1F.[HH]. The van der Waals surface area contributed by atoms with Gasteiger partial charge in [-0.2, -0.15) is 8.42 Å². The summed E-state index contributed by atoms with van der Waals surface area (Å²) < 4.78 is 67.4. The summed E-state index contributed by atoms with van der Waals surface area (Å²) in [4.78, 5) is 20.6. The molecule has 206 valence electrons. The van der Waals surface area contributed by atoms with Gasteiger partial charge in [0, 0.05) is 49.9 Å². The predicted molar refractivity (Wildman–Crippen MR) is 145 cm³/mol. The van der Waals surface area contributed by atoms with Gasteiger partial charge in [-0.3, -0.25) is 4.72 Å². The van der Waals surface area contributed by atoms with Gasteiger partial charge in [0.1, 0.15) is 18.0 Å². The molecule has 0 fully saturated rings. The first-order valence-electron chi connectivity index (χ1n) is 11.9. The Kier molecular flexibility index (Phi) is 11.3. The van der Waals surface area contributed by atoms with E-state index in [0.29, 0.717) is 5.39 Å². The van der Waals surface area contributed by atoms with Crippen molar-refractivity contribution in [2.24, 2.45) is 0 Å². The number of nitrogens with one attached hydrogen (secondary N) is 2. The third-order valence-corrected chi connectivity index (χ3v) is 5.96. The van der Waals surface area contributed by atoms with E-state index in [1.165, 1.54) is 55.8 Å². The molecule has 0 aliphatic rings. The van der Waals surface area contributed by atoms with Gasteiger partial charge in [-0.1, -0.05) is 39.8 Å². The molecule has 0 aliphatic heterocycles. The summed E-state index contributed by atoms with van der Waals surface area (Å²) in [5.74, 6) is -0.618. The molecule has 0 aliphatic carbocycles. The minimum atomic E-state index is -3.96. The fraction of sp³-hybridized carbons (Fsp3) is 0.269. The molecular formula is C26H32F2N4O5S. The van der Waals surface area contributed by atoms with Crippen LogP contribution in [0.3, 0.4) is 0 Å². The average molecular weight is 551 g/mol. The van der Waals surface area contributed by atoms with E-state index in [1.54, 1.807) is 6.07 Å². The lowest BCUT2D eigenvalue weighted by atomic mass is 9.98. The van der Waals surface area contributed by atoms with Crippen LogP contribution in [0.5, 0.6) is 11.8 Å². The summed E-state index contributed by atoms with van der Waals surface area (Å²) >= 11 is 0. The van der Waals surface area contributed by atoms with Gasteiger partial charge >= 0.3 is 11.6 Å². The van der Waals surface area contributed by atoms with Gasteiger partial charge in [-0.15, -0.1) is 0 Å². The Morgan fingerprint density at radius 1 is 1.03 bits per heavy atom. The van der Waals surface area contributed by atoms with Gasteiger partial charge in [0.2, 0.25) is 0 Å². The highest BCUT2D eigenvalue weighted by molar-refractivity contribution is 7.90. The zero-order valence-electron chi connectivity index (χ0n) is 21.7. The average Bonchev–Trinajstić information content (AvgIpc) is 2.94. The van der Waals surface area contributed by atoms with Crippen LogP contribution in [0.25, 0.3) is 11.0 Å². The summed E-state index contributed by atoms with van der Waals surface area (Å²) in [5.41, 5.74) is -1.15. The van der Waals surface area contributed by atoms with Crippen LogP contribution in [-0.4, -0.2) is 25.4 Å². The van der Waals surface area contributed by atoms with Crippen LogP contribution >= 0.6 is 0 Å². The lowest BCUT2D eigenvalue weighted by Crippen LogP contribution is -2.27. The van der Waals surface area contributed by atoms with Gasteiger partial charge in [0.15, 0.2) is 5.82 Å². The number of hydrogen-bond acceptors (Lipinski definition) is 7. The van der Waals surface area contributed by atoms with Crippen molar-refractivity contribution < 1.29 is 27.8 Å². The zero-order chi connectivity index (χ0) is 28.3. The van der Waals surface area contributed by atoms with E-state index >= 15 is 0 Å². The first-order chi connectivity index (χ1) is 18.3. The molecule has 0 bridgehead atoms. The van der Waals surface area contributed by atoms with Gasteiger partial charge in [0.25, 0.3) is 10.2 Å². The molecule has 0 amide bonds. The number of hydrogen-bond donors (Lipinski definition) is 2. The highest BCUT2D eigenvalue weighted by Crippen LogP contribution is 2.29. The molecule has 2 aromatic heterocycles. The number of aromatic nitrogens is 2. The van der Waals surface area contributed by atoms with Crippen molar-refractivity contribution in [3.63, 3.8) is 0 Å². The number of benzene rings is 2. The number of halogens is 2. The normalized spacial score (nSPS) is 10.6. The number of anilines is 1. The van der Waals surface area contributed by atoms with Crippen molar-refractivity contribution in [2.45, 2.75) is 40.8 Å². The molecule has 2 heterocycles. The Balaban J connectivity index is 0.00000145. The topological polar surface area (TPSA) is 123 Å². The fourth-order valence-corrected chi connectivity index (χ4v) is 3.85. The molecule has 2 N–H and O–H groups in total. The molecule has 0 spiro atoms. The lowest BCUT2D eigenvalue weighted by Gasteiger charge is -2.13. The van der Waals surface area contributed by atoms with E-state index in [-0.39, 0.29) is 47.6 Å². The smallest absolute Gasteiger partial charge is 0.340 e. The molecule has 4 aromatic rings. The second-order valence-corrected chi connectivity index (χ2v) is 8.66. The van der Waals surface area contributed by atoms with E-state index < -0.39 is 28.3 Å². The van der Waals surface area contributed by atoms with E-state index in [1.807, 2.05) is 37.1 Å². The standard InChI is InChI=1S/C22H18F2N4O5S.2C2H6.H2/c1-25-34(30,31)28-18-5-2-4-13(20(18)24)10-16-17(12-23)15-7-6-14(11-19(15)33-21(16)29)32-22-26-8-3-9-27-22;2*1-2;/h2-9,11,25,28H,10,12H2,1H3;2*1-2H3;1H. The van der Waals surface area contributed by atoms with E-state index in [2.05, 4.69) is 9.97 Å². The minimum Gasteiger partial charge on any atom is -0.424 e. The third kappa shape index (κ3) is 7.33. The van der Waals surface area contributed by atoms with Crippen LogP contribution in [0.15, 0.2) is 64.1 Å². The quantitative estimate of drug-likeness (QED) is 0.268. The van der Waals surface area contributed by atoms with Crippen LogP contribution in [0.1, 0.15) is 45.8 Å². The number of nitrogens with zero attached hydrogens (tertiary/aromatic N) is 2. The number of alkyl halides is 1. The van der Waals surface area contributed by atoms with Crippen LogP contribution in [0.2, 0.25) is 0 Å². The van der Waals surface area contributed by atoms with Crippen LogP contribution in [-0.2, 0) is 23.3 Å². The fourth-order valence-electron chi connectivity index (χ4n) is 3.30. The molecule has 12 heteroatoms. The highest BCUT2D eigenvalue weighted by Gasteiger charge is 2.19. The molecular weight excluding hydrogens is 518 g/mol. The second-order valence-electron chi connectivity index (χ2n) is 7.04. The Morgan fingerprint density at radius 2 is 1.71 bits per heavy atom. The number of ether oxygens (including phenoxy) is 1. The van der Waals surface area contributed by atoms with Gasteiger partial charge in [-0.05, 0) is 29.8 Å². The van der Waals surface area contributed by atoms with Crippen LogP contribution < -0.4 is 19.8 Å². The summed E-state index contributed by atoms with van der Waals surface area (Å²) in [5, 5.41) is 0.311. The van der Waals surface area contributed by atoms with Crippen LogP contribution in [0.4, 0.5) is 14.5 Å². The largest absolute Gasteiger partial charge is 0.424 e. The molecule has 9 nitrogen and oxygen atoms in total. The minimum absolute atomic E-state index is 0. The monoisotopic (exact) mass is 550 g/mol. The lowest BCUT2D eigenvalue weighted by molar-refractivity contribution is 0.440. The van der Waals surface area contributed by atoms with Crippen molar-refractivity contribution in [2.75, 3.05) is 11.8 Å². The maximum absolute atomic E-state index is 15.0. The van der Waals surface area contributed by atoms with E-state index in [0.717, 1.165) is 0 Å².